The molecule has 0 saturated carbocycles. The van der Waals surface area contributed by atoms with Crippen molar-refractivity contribution in [3.05, 3.63) is 48.0 Å². The van der Waals surface area contributed by atoms with E-state index in [0.29, 0.717) is 29.7 Å². The molecule has 3 rings (SSSR count). The number of nitrogens with zero attached hydrogens (tertiary/aromatic N) is 3. The van der Waals surface area contributed by atoms with Gasteiger partial charge in [-0.15, -0.1) is 0 Å². The summed E-state index contributed by atoms with van der Waals surface area (Å²) in [5.74, 6) is 0.968. The minimum absolute atomic E-state index is 0.123. The summed E-state index contributed by atoms with van der Waals surface area (Å²) < 4.78 is 18.1. The predicted octanol–water partition coefficient (Wildman–Crippen LogP) is 2.27. The first-order valence-corrected chi connectivity index (χ1v) is 8.31. The van der Waals surface area contributed by atoms with Crippen molar-refractivity contribution in [3.8, 4) is 5.75 Å². The zero-order valence-electron chi connectivity index (χ0n) is 14.1. The summed E-state index contributed by atoms with van der Waals surface area (Å²) in [6.45, 7) is 2.21. The second-order valence-corrected chi connectivity index (χ2v) is 6.04. The van der Waals surface area contributed by atoms with E-state index in [1.807, 2.05) is 17.0 Å². The highest BCUT2D eigenvalue weighted by Crippen LogP contribution is 2.21. The van der Waals surface area contributed by atoms with Gasteiger partial charge >= 0.3 is 0 Å². The van der Waals surface area contributed by atoms with Crippen LogP contribution in [0.25, 0.3) is 0 Å². The van der Waals surface area contributed by atoms with Crippen LogP contribution >= 0.6 is 0 Å². The molecule has 6 nitrogen and oxygen atoms in total. The fourth-order valence-electron chi connectivity index (χ4n) is 2.97. The van der Waals surface area contributed by atoms with E-state index in [2.05, 4.69) is 15.3 Å². The van der Waals surface area contributed by atoms with Gasteiger partial charge < -0.3 is 15.0 Å². The number of amides is 1. The molecule has 0 spiro atoms. The van der Waals surface area contributed by atoms with Gasteiger partial charge in [0.05, 0.1) is 25.1 Å². The van der Waals surface area contributed by atoms with Crippen LogP contribution in [0, 0.1) is 11.7 Å². The molecule has 0 radical (unpaired) electrons. The zero-order valence-corrected chi connectivity index (χ0v) is 14.1. The molecule has 1 saturated heterocycles. The first kappa shape index (κ1) is 17.1. The SMILES string of the molecule is COc1ccccc1C(=O)NCC1CCN(c2ncc(F)cn2)CC1. The number of methoxy groups -OCH3 is 1. The fraction of sp³-hybridized carbons (Fsp3) is 0.389. The number of piperidine rings is 1. The average Bonchev–Trinajstić information content (AvgIpc) is 2.67. The molecule has 1 aromatic carbocycles. The summed E-state index contributed by atoms with van der Waals surface area (Å²) in [5.41, 5.74) is 0.544. The van der Waals surface area contributed by atoms with Crippen molar-refractivity contribution in [2.45, 2.75) is 12.8 Å². The maximum atomic E-state index is 12.9. The van der Waals surface area contributed by atoms with Gasteiger partial charge in [0.15, 0.2) is 5.82 Å². The highest BCUT2D eigenvalue weighted by atomic mass is 19.1. The smallest absolute Gasteiger partial charge is 0.255 e. The lowest BCUT2D eigenvalue weighted by Gasteiger charge is -2.32. The maximum absolute atomic E-state index is 12.9. The van der Waals surface area contributed by atoms with Gasteiger partial charge in [-0.05, 0) is 30.9 Å². The van der Waals surface area contributed by atoms with Gasteiger partial charge in [-0.25, -0.2) is 14.4 Å². The third-order valence-corrected chi connectivity index (χ3v) is 4.41. The number of benzene rings is 1. The van der Waals surface area contributed by atoms with Crippen molar-refractivity contribution in [3.63, 3.8) is 0 Å². The van der Waals surface area contributed by atoms with Crippen molar-refractivity contribution in [1.82, 2.24) is 15.3 Å². The van der Waals surface area contributed by atoms with Crippen LogP contribution in [-0.2, 0) is 0 Å². The van der Waals surface area contributed by atoms with E-state index < -0.39 is 5.82 Å². The van der Waals surface area contributed by atoms with Crippen LogP contribution in [0.2, 0.25) is 0 Å². The molecule has 2 aromatic rings. The van der Waals surface area contributed by atoms with E-state index in [1.54, 1.807) is 19.2 Å². The van der Waals surface area contributed by atoms with E-state index in [4.69, 9.17) is 4.74 Å². The molecular weight excluding hydrogens is 323 g/mol. The minimum Gasteiger partial charge on any atom is -0.496 e. The van der Waals surface area contributed by atoms with Gasteiger partial charge in [0.25, 0.3) is 5.91 Å². The molecule has 1 aromatic heterocycles. The van der Waals surface area contributed by atoms with Gasteiger partial charge in [-0.1, -0.05) is 12.1 Å². The van der Waals surface area contributed by atoms with Gasteiger partial charge in [0.2, 0.25) is 5.95 Å². The van der Waals surface area contributed by atoms with Gasteiger partial charge in [-0.3, -0.25) is 4.79 Å². The van der Waals surface area contributed by atoms with Crippen molar-refractivity contribution >= 4 is 11.9 Å². The summed E-state index contributed by atoms with van der Waals surface area (Å²) in [5, 5.41) is 2.99. The van der Waals surface area contributed by atoms with Crippen LogP contribution in [-0.4, -0.2) is 42.6 Å². The first-order chi connectivity index (χ1) is 12.2. The number of hydrogen-bond acceptors (Lipinski definition) is 5. The number of aromatic nitrogens is 2. The number of ether oxygens (including phenoxy) is 1. The molecule has 132 valence electrons. The third-order valence-electron chi connectivity index (χ3n) is 4.41. The molecule has 1 N–H and O–H groups in total. The number of rotatable bonds is 5. The van der Waals surface area contributed by atoms with E-state index in [9.17, 15) is 9.18 Å². The highest BCUT2D eigenvalue weighted by molar-refractivity contribution is 5.96. The Morgan fingerprint density at radius 1 is 1.28 bits per heavy atom. The van der Waals surface area contributed by atoms with Gasteiger partial charge in [0.1, 0.15) is 5.75 Å². The van der Waals surface area contributed by atoms with Crippen molar-refractivity contribution < 1.29 is 13.9 Å². The number of nitrogens with one attached hydrogen (secondary N) is 1. The zero-order chi connectivity index (χ0) is 17.6. The minimum atomic E-state index is -0.433. The topological polar surface area (TPSA) is 67.3 Å². The third kappa shape index (κ3) is 4.23. The van der Waals surface area contributed by atoms with Crippen LogP contribution in [0.1, 0.15) is 23.2 Å². The van der Waals surface area contributed by atoms with E-state index in [0.717, 1.165) is 25.9 Å². The molecule has 1 amide bonds. The molecule has 0 unspecified atom stereocenters. The Bertz CT molecular complexity index is 715. The summed E-state index contributed by atoms with van der Waals surface area (Å²) >= 11 is 0. The number of halogens is 1. The predicted molar refractivity (Wildman–Crippen MR) is 92.3 cm³/mol. The molecule has 1 aliphatic heterocycles. The molecule has 25 heavy (non-hydrogen) atoms. The van der Waals surface area contributed by atoms with Crippen molar-refractivity contribution in [2.24, 2.45) is 5.92 Å². The molecule has 7 heteroatoms. The van der Waals surface area contributed by atoms with Crippen LogP contribution in [0.3, 0.4) is 0 Å². The highest BCUT2D eigenvalue weighted by Gasteiger charge is 2.22. The molecule has 1 fully saturated rings. The maximum Gasteiger partial charge on any atom is 0.255 e. The van der Waals surface area contributed by atoms with Crippen LogP contribution in [0.15, 0.2) is 36.7 Å². The summed E-state index contributed by atoms with van der Waals surface area (Å²) in [7, 11) is 1.55. The van der Waals surface area contributed by atoms with E-state index in [1.165, 1.54) is 12.4 Å². The number of hydrogen-bond donors (Lipinski definition) is 1. The summed E-state index contributed by atoms with van der Waals surface area (Å²) in [6.07, 6.45) is 4.21. The van der Waals surface area contributed by atoms with Crippen LogP contribution in [0.4, 0.5) is 10.3 Å². The Kier molecular flexibility index (Phi) is 5.42. The Labute approximate surface area is 146 Å². The lowest BCUT2D eigenvalue weighted by atomic mass is 9.97. The molecule has 1 aliphatic rings. The molecule has 0 aliphatic carbocycles. The number of carbonyl (C=O) groups is 1. The lowest BCUT2D eigenvalue weighted by Crippen LogP contribution is -2.39. The largest absolute Gasteiger partial charge is 0.496 e. The lowest BCUT2D eigenvalue weighted by molar-refractivity contribution is 0.0942. The molecular formula is C18H21FN4O2. The number of para-hydroxylation sites is 1. The first-order valence-electron chi connectivity index (χ1n) is 8.31. The molecule has 2 heterocycles. The van der Waals surface area contributed by atoms with E-state index in [-0.39, 0.29) is 5.91 Å². The van der Waals surface area contributed by atoms with Crippen LogP contribution in [0.5, 0.6) is 5.75 Å². The summed E-state index contributed by atoms with van der Waals surface area (Å²) in [4.78, 5) is 22.4. The Morgan fingerprint density at radius 3 is 2.64 bits per heavy atom. The van der Waals surface area contributed by atoms with Crippen molar-refractivity contribution in [2.75, 3.05) is 31.6 Å². The average molecular weight is 344 g/mol. The second-order valence-electron chi connectivity index (χ2n) is 6.04. The molecule has 0 atom stereocenters. The Morgan fingerprint density at radius 2 is 1.96 bits per heavy atom. The quantitative estimate of drug-likeness (QED) is 0.901. The van der Waals surface area contributed by atoms with Crippen LogP contribution < -0.4 is 15.0 Å². The fourth-order valence-corrected chi connectivity index (χ4v) is 2.97. The van der Waals surface area contributed by atoms with Crippen molar-refractivity contribution in [1.29, 1.82) is 0 Å². The normalized spacial score (nSPS) is 15.0. The summed E-state index contributed by atoms with van der Waals surface area (Å²) in [6, 6.07) is 7.18. The number of anilines is 1. The van der Waals surface area contributed by atoms with Gasteiger partial charge in [0, 0.05) is 19.6 Å². The molecule has 0 bridgehead atoms. The second kappa shape index (κ2) is 7.92. The van der Waals surface area contributed by atoms with E-state index >= 15 is 0 Å². The van der Waals surface area contributed by atoms with Gasteiger partial charge in [-0.2, -0.15) is 0 Å². The monoisotopic (exact) mass is 344 g/mol. The Hall–Kier alpha value is -2.70. The standard InChI is InChI=1S/C18H21FN4O2/c1-25-16-5-3-2-4-15(16)17(24)20-10-13-6-8-23(9-7-13)18-21-11-14(19)12-22-18/h2-5,11-13H,6-10H2,1H3,(H,20,24). The Balaban J connectivity index is 1.49. The number of carbonyl (C=O) groups excluding carboxylic acids is 1.